The number of likely N-dealkylation sites (tertiary alicyclic amines) is 1. The molecule has 3 aromatic rings. The highest BCUT2D eigenvalue weighted by atomic mass is 32.2. The third-order valence-electron chi connectivity index (χ3n) is 11.1. The third-order valence-corrected chi connectivity index (χ3v) is 12.4. The molecular formula is C37H48N4O3S. The van der Waals surface area contributed by atoms with Crippen molar-refractivity contribution in [1.82, 2.24) is 14.9 Å². The molecule has 0 radical (unpaired) electrons. The maximum absolute atomic E-state index is 13.8. The number of benzene rings is 2. The molecule has 1 saturated heterocycles. The minimum Gasteiger partial charge on any atom is -0.473 e. The van der Waals surface area contributed by atoms with Crippen LogP contribution in [0.3, 0.4) is 0 Å². The first-order valence-electron chi connectivity index (χ1n) is 17.1. The molecule has 45 heavy (non-hydrogen) atoms. The lowest BCUT2D eigenvalue weighted by Crippen LogP contribution is -2.54. The Labute approximate surface area is 269 Å². The van der Waals surface area contributed by atoms with Crippen LogP contribution in [0.4, 0.5) is 5.95 Å². The molecular weight excluding hydrogens is 580 g/mol. The average molecular weight is 629 g/mol. The van der Waals surface area contributed by atoms with Crippen molar-refractivity contribution < 1.29 is 13.2 Å². The molecule has 2 aliphatic heterocycles. The molecule has 6 bridgehead atoms. The van der Waals surface area contributed by atoms with Crippen molar-refractivity contribution in [3.63, 3.8) is 0 Å². The highest BCUT2D eigenvalue weighted by molar-refractivity contribution is 7.92. The number of hydrogen-bond acceptors (Lipinski definition) is 6. The average Bonchev–Trinajstić information content (AvgIpc) is 3.14. The fourth-order valence-corrected chi connectivity index (χ4v) is 10.00. The monoisotopic (exact) mass is 628 g/mol. The summed E-state index contributed by atoms with van der Waals surface area (Å²) in [6, 6.07) is 16.2. The van der Waals surface area contributed by atoms with Crippen molar-refractivity contribution in [3.8, 4) is 17.1 Å². The van der Waals surface area contributed by atoms with E-state index in [-0.39, 0.29) is 22.9 Å². The maximum atomic E-state index is 13.8. The van der Waals surface area contributed by atoms with Gasteiger partial charge in [-0.1, -0.05) is 63.4 Å². The minimum atomic E-state index is -3.92. The Kier molecular flexibility index (Phi) is 8.18. The van der Waals surface area contributed by atoms with Crippen molar-refractivity contribution >= 4 is 16.0 Å². The molecule has 8 heteroatoms. The van der Waals surface area contributed by atoms with E-state index in [1.54, 1.807) is 6.07 Å². The molecule has 240 valence electrons. The van der Waals surface area contributed by atoms with Crippen LogP contribution < -0.4 is 9.46 Å². The summed E-state index contributed by atoms with van der Waals surface area (Å²) in [7, 11) is -3.92. The van der Waals surface area contributed by atoms with Gasteiger partial charge in [-0.3, -0.25) is 4.90 Å². The highest BCUT2D eigenvalue weighted by Gasteiger charge is 2.48. The van der Waals surface area contributed by atoms with E-state index in [0.29, 0.717) is 34.9 Å². The number of aryl methyl sites for hydroxylation is 2. The second-order valence-corrected chi connectivity index (χ2v) is 16.6. The van der Waals surface area contributed by atoms with Gasteiger partial charge in [0.05, 0.1) is 10.6 Å². The molecule has 1 spiro atoms. The summed E-state index contributed by atoms with van der Waals surface area (Å²) in [6.07, 6.45) is 11.3. The van der Waals surface area contributed by atoms with Crippen LogP contribution in [-0.4, -0.2) is 48.5 Å². The van der Waals surface area contributed by atoms with E-state index < -0.39 is 10.0 Å². The lowest BCUT2D eigenvalue weighted by molar-refractivity contribution is -0.0380. The Morgan fingerprint density at radius 3 is 2.44 bits per heavy atom. The Hall–Kier alpha value is -2.97. The van der Waals surface area contributed by atoms with Crippen LogP contribution >= 0.6 is 0 Å². The number of nitrogens with one attached hydrogen (secondary N) is 1. The van der Waals surface area contributed by atoms with Gasteiger partial charge in [-0.25, -0.2) is 18.1 Å². The number of rotatable bonds is 4. The zero-order chi connectivity index (χ0) is 31.3. The van der Waals surface area contributed by atoms with Crippen LogP contribution in [0, 0.1) is 31.1 Å². The lowest BCUT2D eigenvalue weighted by atomic mass is 9.58. The summed E-state index contributed by atoms with van der Waals surface area (Å²) >= 11 is 0. The second-order valence-electron chi connectivity index (χ2n) is 14.9. The first kappa shape index (κ1) is 30.7. The topological polar surface area (TPSA) is 84.4 Å². The van der Waals surface area contributed by atoms with Crippen molar-refractivity contribution in [1.29, 1.82) is 0 Å². The summed E-state index contributed by atoms with van der Waals surface area (Å²) in [4.78, 5) is 12.4. The molecule has 7 rings (SSSR count). The molecule has 1 N–H and O–H groups in total. The molecule has 1 aromatic heterocycles. The van der Waals surface area contributed by atoms with Crippen LogP contribution in [0.25, 0.3) is 11.3 Å². The summed E-state index contributed by atoms with van der Waals surface area (Å²) in [5.74, 6) is 1.59. The lowest BCUT2D eigenvalue weighted by Gasteiger charge is -2.54. The fourth-order valence-electron chi connectivity index (χ4n) is 9.00. The van der Waals surface area contributed by atoms with E-state index in [4.69, 9.17) is 9.72 Å². The number of fused-ring (bicyclic) bond motifs is 7. The Morgan fingerprint density at radius 1 is 0.978 bits per heavy atom. The number of ether oxygens (including phenoxy) is 1. The van der Waals surface area contributed by atoms with Gasteiger partial charge >= 0.3 is 0 Å². The summed E-state index contributed by atoms with van der Waals surface area (Å²) < 4.78 is 37.1. The van der Waals surface area contributed by atoms with Gasteiger partial charge in [0, 0.05) is 30.8 Å². The van der Waals surface area contributed by atoms with Gasteiger partial charge in [-0.05, 0) is 104 Å². The Balaban J connectivity index is 1.31. The highest BCUT2D eigenvalue weighted by Crippen LogP contribution is 2.54. The molecule has 3 atom stereocenters. The fraction of sp³-hybridized carbons (Fsp3) is 0.568. The first-order chi connectivity index (χ1) is 21.6. The summed E-state index contributed by atoms with van der Waals surface area (Å²) in [5.41, 5.74) is 5.41. The van der Waals surface area contributed by atoms with Crippen LogP contribution in [0.15, 0.2) is 53.4 Å². The number of nitrogens with zero attached hydrogens (tertiary/aromatic N) is 3. The third kappa shape index (κ3) is 6.25. The summed E-state index contributed by atoms with van der Waals surface area (Å²) in [5, 5.41) is 0. The number of sulfonamides is 1. The van der Waals surface area contributed by atoms with E-state index in [2.05, 4.69) is 60.5 Å². The molecule has 2 saturated carbocycles. The van der Waals surface area contributed by atoms with Crippen molar-refractivity contribution in [3.05, 3.63) is 65.2 Å². The molecule has 4 aliphatic rings. The number of aromatic nitrogens is 2. The molecule has 3 fully saturated rings. The Bertz CT molecular complexity index is 1640. The van der Waals surface area contributed by atoms with E-state index in [1.165, 1.54) is 44.9 Å². The SMILES string of the molecule is Cc1cccc(C)c1-c1cc2nc(n1)NS(=O)(=O)c1cccc(c1)C1C[C@@H](CN(C3CC4(CCCCC4)C3)C[C@@H]1CC(C)C)O2. The van der Waals surface area contributed by atoms with Crippen LogP contribution in [-0.2, 0) is 10.0 Å². The van der Waals surface area contributed by atoms with Crippen LogP contribution in [0.1, 0.15) is 94.2 Å². The first-order valence-corrected chi connectivity index (χ1v) is 18.5. The maximum Gasteiger partial charge on any atom is 0.264 e. The predicted molar refractivity (Wildman–Crippen MR) is 179 cm³/mol. The molecule has 0 amide bonds. The molecule has 2 aliphatic carbocycles. The zero-order valence-electron chi connectivity index (χ0n) is 27.3. The molecule has 1 unspecified atom stereocenters. The van der Waals surface area contributed by atoms with Crippen molar-refractivity contribution in [2.24, 2.45) is 17.3 Å². The van der Waals surface area contributed by atoms with Crippen molar-refractivity contribution in [2.75, 3.05) is 17.8 Å². The van der Waals surface area contributed by atoms with E-state index in [0.717, 1.165) is 48.2 Å². The Morgan fingerprint density at radius 2 is 1.71 bits per heavy atom. The van der Waals surface area contributed by atoms with Gasteiger partial charge in [0.25, 0.3) is 10.0 Å². The van der Waals surface area contributed by atoms with Gasteiger partial charge in [0.1, 0.15) is 6.10 Å². The number of hydrogen-bond donors (Lipinski definition) is 1. The van der Waals surface area contributed by atoms with Gasteiger partial charge < -0.3 is 4.74 Å². The smallest absolute Gasteiger partial charge is 0.264 e. The van der Waals surface area contributed by atoms with E-state index in [1.807, 2.05) is 24.3 Å². The zero-order valence-corrected chi connectivity index (χ0v) is 28.1. The largest absolute Gasteiger partial charge is 0.473 e. The molecule has 2 aromatic carbocycles. The standard InChI is InChI=1S/C37H48N4O3S/c1-24(2)16-28-22-41(29-20-37(21-29)14-6-5-7-15-37)23-30-18-32(28)27-12-9-13-31(17-27)45(42,43)40-36-38-33(19-34(39-36)44-30)35-25(3)10-8-11-26(35)4/h8-13,17,19,24,28-30,32H,5-7,14-16,18,20-23H2,1-4H3,(H,38,39,40)/t28-,30-,32?/m0/s1. The van der Waals surface area contributed by atoms with Crippen molar-refractivity contribution in [2.45, 2.75) is 108 Å². The van der Waals surface area contributed by atoms with Crippen LogP contribution in [0.2, 0.25) is 0 Å². The van der Waals surface area contributed by atoms with Gasteiger partial charge in [-0.15, -0.1) is 0 Å². The van der Waals surface area contributed by atoms with E-state index >= 15 is 0 Å². The normalized spacial score (nSPS) is 27.3. The second kappa shape index (κ2) is 12.0. The predicted octanol–water partition coefficient (Wildman–Crippen LogP) is 7.89. The van der Waals surface area contributed by atoms with E-state index in [9.17, 15) is 8.42 Å². The van der Waals surface area contributed by atoms with Gasteiger partial charge in [0.15, 0.2) is 0 Å². The van der Waals surface area contributed by atoms with Crippen LogP contribution in [0.5, 0.6) is 5.88 Å². The molecule has 7 nitrogen and oxygen atoms in total. The van der Waals surface area contributed by atoms with Gasteiger partial charge in [0.2, 0.25) is 11.8 Å². The number of anilines is 1. The molecule has 3 heterocycles. The van der Waals surface area contributed by atoms with Gasteiger partial charge in [-0.2, -0.15) is 4.98 Å². The summed E-state index contributed by atoms with van der Waals surface area (Å²) in [6.45, 7) is 10.6. The minimum absolute atomic E-state index is 0.0362. The quantitative estimate of drug-likeness (QED) is 0.316.